The van der Waals surface area contributed by atoms with E-state index in [4.69, 9.17) is 4.74 Å². The SMILES string of the molecule is O=C1OC2CC1C(C1(O)CCCC1)CC2OC(=O)C(F)(F)S(=O)(=O)[O-]. The Bertz CT molecular complexity index is 685. The van der Waals surface area contributed by atoms with Crippen LogP contribution in [0.3, 0.4) is 0 Å². The molecule has 3 fully saturated rings. The molecule has 2 bridgehead atoms. The molecule has 4 unspecified atom stereocenters. The molecule has 25 heavy (non-hydrogen) atoms. The van der Waals surface area contributed by atoms with Crippen molar-refractivity contribution in [2.75, 3.05) is 0 Å². The second kappa shape index (κ2) is 5.85. The molecule has 4 atom stereocenters. The fourth-order valence-electron chi connectivity index (χ4n) is 4.14. The van der Waals surface area contributed by atoms with Gasteiger partial charge >= 0.3 is 17.2 Å². The quantitative estimate of drug-likeness (QED) is 0.542. The summed E-state index contributed by atoms with van der Waals surface area (Å²) in [7, 11) is -6.23. The molecule has 0 aromatic rings. The molecule has 142 valence electrons. The van der Waals surface area contributed by atoms with E-state index in [1.54, 1.807) is 0 Å². The van der Waals surface area contributed by atoms with Crippen molar-refractivity contribution in [1.29, 1.82) is 0 Å². The average molecular weight is 383 g/mol. The van der Waals surface area contributed by atoms with E-state index in [0.29, 0.717) is 12.8 Å². The van der Waals surface area contributed by atoms with Crippen molar-refractivity contribution in [3.8, 4) is 0 Å². The average Bonchev–Trinajstić information content (AvgIpc) is 3.07. The minimum atomic E-state index is -6.23. The molecule has 1 aliphatic heterocycles. The van der Waals surface area contributed by atoms with Gasteiger partial charge in [-0.15, -0.1) is 0 Å². The molecule has 0 radical (unpaired) electrons. The fourth-order valence-corrected chi connectivity index (χ4v) is 4.39. The van der Waals surface area contributed by atoms with Gasteiger partial charge in [0.05, 0.1) is 11.5 Å². The number of rotatable bonds is 4. The molecule has 0 spiro atoms. The molecule has 2 saturated carbocycles. The van der Waals surface area contributed by atoms with Crippen LogP contribution in [-0.4, -0.2) is 53.1 Å². The summed E-state index contributed by atoms with van der Waals surface area (Å²) < 4.78 is 67.9. The van der Waals surface area contributed by atoms with Crippen LogP contribution in [-0.2, 0) is 29.2 Å². The molecular formula is C14H17F2O8S-. The summed E-state index contributed by atoms with van der Waals surface area (Å²) in [4.78, 5) is 23.5. The summed E-state index contributed by atoms with van der Waals surface area (Å²) in [6, 6.07) is 0. The van der Waals surface area contributed by atoms with Crippen molar-refractivity contribution >= 4 is 22.1 Å². The van der Waals surface area contributed by atoms with Gasteiger partial charge in [-0.3, -0.25) is 4.79 Å². The number of fused-ring (bicyclic) bond motifs is 2. The number of hydrogen-bond acceptors (Lipinski definition) is 8. The van der Waals surface area contributed by atoms with Gasteiger partial charge in [0.1, 0.15) is 12.2 Å². The second-order valence-corrected chi connectivity index (χ2v) is 8.31. The monoisotopic (exact) mass is 383 g/mol. The zero-order valence-electron chi connectivity index (χ0n) is 13.0. The molecule has 3 rings (SSSR count). The maximum atomic E-state index is 13.3. The largest absolute Gasteiger partial charge is 0.743 e. The van der Waals surface area contributed by atoms with Crippen molar-refractivity contribution in [2.45, 2.75) is 61.6 Å². The minimum Gasteiger partial charge on any atom is -0.743 e. The third-order valence-corrected chi connectivity index (χ3v) is 6.21. The van der Waals surface area contributed by atoms with E-state index in [-0.39, 0.29) is 12.8 Å². The standard InChI is InChI=1S/C14H18F2O8S/c15-14(16,25(20,21)22)12(18)24-10-6-8(13(19)3-1-2-4-13)7-5-9(10)23-11(7)17/h7-10,19H,1-6H2,(H,20,21,22)/p-1. The summed E-state index contributed by atoms with van der Waals surface area (Å²) in [5.74, 6) is -4.36. The zero-order valence-corrected chi connectivity index (χ0v) is 13.8. The molecule has 8 nitrogen and oxygen atoms in total. The van der Waals surface area contributed by atoms with Gasteiger partial charge in [0, 0.05) is 12.3 Å². The minimum absolute atomic E-state index is 0.0828. The third-order valence-electron chi connectivity index (χ3n) is 5.41. The number of aliphatic hydroxyl groups is 1. The van der Waals surface area contributed by atoms with Crippen LogP contribution in [0.2, 0.25) is 0 Å². The molecule has 1 N–H and O–H groups in total. The lowest BCUT2D eigenvalue weighted by atomic mass is 9.69. The van der Waals surface area contributed by atoms with Gasteiger partial charge in [0.25, 0.3) is 0 Å². The van der Waals surface area contributed by atoms with Crippen molar-refractivity contribution in [1.82, 2.24) is 0 Å². The van der Waals surface area contributed by atoms with Crippen LogP contribution in [0.15, 0.2) is 0 Å². The van der Waals surface area contributed by atoms with Gasteiger partial charge < -0.3 is 19.1 Å². The van der Waals surface area contributed by atoms with Crippen molar-refractivity contribution < 1.29 is 45.9 Å². The molecule has 3 aliphatic rings. The van der Waals surface area contributed by atoms with Crippen molar-refractivity contribution in [3.63, 3.8) is 0 Å². The highest BCUT2D eigenvalue weighted by Crippen LogP contribution is 2.50. The number of alkyl halides is 2. The van der Waals surface area contributed by atoms with Crippen LogP contribution in [0.4, 0.5) is 8.78 Å². The maximum Gasteiger partial charge on any atom is 0.428 e. The number of halogens is 2. The Morgan fingerprint density at radius 2 is 1.92 bits per heavy atom. The molecule has 0 aromatic carbocycles. The summed E-state index contributed by atoms with van der Waals surface area (Å²) in [5.41, 5.74) is -1.18. The van der Waals surface area contributed by atoms with Crippen LogP contribution in [0.25, 0.3) is 0 Å². The van der Waals surface area contributed by atoms with E-state index >= 15 is 0 Å². The normalized spacial score (nSPS) is 34.6. The van der Waals surface area contributed by atoms with Gasteiger partial charge in [-0.2, -0.15) is 8.78 Å². The summed E-state index contributed by atoms with van der Waals surface area (Å²) in [6.07, 6.45) is -0.0112. The zero-order chi connectivity index (χ0) is 18.6. The highest BCUT2D eigenvalue weighted by molar-refractivity contribution is 7.87. The molecule has 0 amide bonds. The Morgan fingerprint density at radius 1 is 1.32 bits per heavy atom. The van der Waals surface area contributed by atoms with E-state index in [0.717, 1.165) is 12.8 Å². The predicted octanol–water partition coefficient (Wildman–Crippen LogP) is 0.293. The van der Waals surface area contributed by atoms with E-state index in [1.165, 1.54) is 0 Å². The van der Waals surface area contributed by atoms with Crippen LogP contribution in [0, 0.1) is 11.8 Å². The van der Waals surface area contributed by atoms with Crippen LogP contribution >= 0.6 is 0 Å². The molecule has 1 heterocycles. The lowest BCUT2D eigenvalue weighted by Gasteiger charge is -2.40. The Hall–Kier alpha value is -1.33. The molecular weight excluding hydrogens is 366 g/mol. The third kappa shape index (κ3) is 3.02. The van der Waals surface area contributed by atoms with Gasteiger partial charge in [-0.25, -0.2) is 13.2 Å². The molecule has 1 saturated heterocycles. The van der Waals surface area contributed by atoms with E-state index in [1.807, 2.05) is 0 Å². The van der Waals surface area contributed by atoms with Crippen LogP contribution in [0.5, 0.6) is 0 Å². The predicted molar refractivity (Wildman–Crippen MR) is 74.0 cm³/mol. The summed E-state index contributed by atoms with van der Waals surface area (Å²) >= 11 is 0. The lowest BCUT2D eigenvalue weighted by molar-refractivity contribution is -0.178. The van der Waals surface area contributed by atoms with E-state index in [9.17, 15) is 36.4 Å². The van der Waals surface area contributed by atoms with Gasteiger partial charge in [-0.1, -0.05) is 12.8 Å². The Labute approximate surface area is 142 Å². The smallest absolute Gasteiger partial charge is 0.428 e. The first-order chi connectivity index (χ1) is 11.5. The number of carbonyl (C=O) groups is 2. The number of carbonyl (C=O) groups excluding carboxylic acids is 2. The number of hydrogen-bond donors (Lipinski definition) is 1. The van der Waals surface area contributed by atoms with Crippen molar-refractivity contribution in [3.05, 3.63) is 0 Å². The molecule has 11 heteroatoms. The summed E-state index contributed by atoms with van der Waals surface area (Å²) in [6.45, 7) is 0. The van der Waals surface area contributed by atoms with Crippen molar-refractivity contribution in [2.24, 2.45) is 11.8 Å². The first kappa shape index (κ1) is 18.5. The lowest BCUT2D eigenvalue weighted by Crippen LogP contribution is -2.49. The Balaban J connectivity index is 1.80. The van der Waals surface area contributed by atoms with Gasteiger partial charge in [0.2, 0.25) is 0 Å². The molecule has 0 aromatic heterocycles. The second-order valence-electron chi connectivity index (χ2n) is 6.89. The van der Waals surface area contributed by atoms with E-state index in [2.05, 4.69) is 4.74 Å². The van der Waals surface area contributed by atoms with Gasteiger partial charge in [-0.05, 0) is 19.3 Å². The maximum absolute atomic E-state index is 13.3. The number of esters is 2. The Kier molecular flexibility index (Phi) is 4.32. The fraction of sp³-hybridized carbons (Fsp3) is 0.857. The first-order valence-corrected chi connectivity index (χ1v) is 9.34. The topological polar surface area (TPSA) is 130 Å². The summed E-state index contributed by atoms with van der Waals surface area (Å²) in [5, 5.41) is 5.52. The highest BCUT2D eigenvalue weighted by atomic mass is 32.2. The molecule has 2 aliphatic carbocycles. The first-order valence-electron chi connectivity index (χ1n) is 7.93. The van der Waals surface area contributed by atoms with E-state index < -0.39 is 57.0 Å². The number of ether oxygens (including phenoxy) is 2. The van der Waals surface area contributed by atoms with Crippen LogP contribution in [0.1, 0.15) is 38.5 Å². The van der Waals surface area contributed by atoms with Crippen LogP contribution < -0.4 is 0 Å². The highest BCUT2D eigenvalue weighted by Gasteiger charge is 2.58. The van der Waals surface area contributed by atoms with Gasteiger partial charge in [0.15, 0.2) is 10.1 Å². The Morgan fingerprint density at radius 3 is 2.48 bits per heavy atom.